The van der Waals surface area contributed by atoms with E-state index in [-0.39, 0.29) is 5.91 Å². The number of thioether (sulfide) groups is 1. The monoisotopic (exact) mass is 254 g/mol. The zero-order valence-corrected chi connectivity index (χ0v) is 10.8. The van der Waals surface area contributed by atoms with E-state index >= 15 is 0 Å². The van der Waals surface area contributed by atoms with Crippen molar-refractivity contribution in [3.8, 4) is 0 Å². The van der Waals surface area contributed by atoms with Gasteiger partial charge in [-0.2, -0.15) is 11.8 Å². The standard InChI is InChI=1S/C12H18N2O2S/c1-16-6-3-7-17-9-10-4-2-5-11(8-10)12(15)14-13/h2,4-5,8H,3,6-7,9,13H2,1H3,(H,14,15). The first kappa shape index (κ1) is 14.0. The third kappa shape index (κ3) is 5.21. The van der Waals surface area contributed by atoms with E-state index < -0.39 is 0 Å². The van der Waals surface area contributed by atoms with Gasteiger partial charge in [0.05, 0.1) is 0 Å². The SMILES string of the molecule is COCCCSCc1cccc(C(=O)NN)c1. The van der Waals surface area contributed by atoms with Crippen LogP contribution >= 0.6 is 11.8 Å². The minimum absolute atomic E-state index is 0.253. The molecule has 3 N–H and O–H groups in total. The van der Waals surface area contributed by atoms with Crippen LogP contribution in [0.15, 0.2) is 24.3 Å². The Hall–Kier alpha value is -1.04. The molecule has 0 unspecified atom stereocenters. The molecule has 1 aromatic rings. The predicted octanol–water partition coefficient (Wildman–Crippen LogP) is 1.56. The first-order chi connectivity index (χ1) is 8.27. The lowest BCUT2D eigenvalue weighted by atomic mass is 10.1. The zero-order chi connectivity index (χ0) is 12.5. The molecule has 4 nitrogen and oxygen atoms in total. The molecular formula is C12H18N2O2S. The van der Waals surface area contributed by atoms with Crippen molar-refractivity contribution in [2.45, 2.75) is 12.2 Å². The summed E-state index contributed by atoms with van der Waals surface area (Å²) >= 11 is 1.83. The van der Waals surface area contributed by atoms with E-state index in [9.17, 15) is 4.79 Å². The van der Waals surface area contributed by atoms with Gasteiger partial charge in [-0.15, -0.1) is 0 Å². The largest absolute Gasteiger partial charge is 0.385 e. The van der Waals surface area contributed by atoms with Gasteiger partial charge >= 0.3 is 0 Å². The van der Waals surface area contributed by atoms with Gasteiger partial charge in [0.2, 0.25) is 0 Å². The van der Waals surface area contributed by atoms with E-state index in [2.05, 4.69) is 5.43 Å². The summed E-state index contributed by atoms with van der Waals surface area (Å²) in [6.07, 6.45) is 1.05. The maximum atomic E-state index is 11.3. The first-order valence-corrected chi connectivity index (χ1v) is 6.60. The van der Waals surface area contributed by atoms with Crippen molar-refractivity contribution < 1.29 is 9.53 Å². The maximum absolute atomic E-state index is 11.3. The van der Waals surface area contributed by atoms with E-state index in [0.29, 0.717) is 5.56 Å². The third-order valence-corrected chi connectivity index (χ3v) is 3.34. The van der Waals surface area contributed by atoms with Crippen LogP contribution in [0.4, 0.5) is 0 Å². The highest BCUT2D eigenvalue weighted by Gasteiger charge is 2.03. The van der Waals surface area contributed by atoms with Gasteiger partial charge in [0.1, 0.15) is 0 Å². The number of rotatable bonds is 7. The summed E-state index contributed by atoms with van der Waals surface area (Å²) in [6, 6.07) is 7.50. The minimum atomic E-state index is -0.253. The van der Waals surface area contributed by atoms with Gasteiger partial charge in [0.15, 0.2) is 0 Å². The van der Waals surface area contributed by atoms with E-state index in [4.69, 9.17) is 10.6 Å². The van der Waals surface area contributed by atoms with Crippen LogP contribution in [0.5, 0.6) is 0 Å². The zero-order valence-electron chi connectivity index (χ0n) is 9.94. The fourth-order valence-electron chi connectivity index (χ4n) is 1.38. The molecule has 0 aromatic heterocycles. The second-order valence-corrected chi connectivity index (χ2v) is 4.68. The molecule has 1 rings (SSSR count). The van der Waals surface area contributed by atoms with E-state index in [1.807, 2.05) is 30.0 Å². The maximum Gasteiger partial charge on any atom is 0.265 e. The number of hydrogen-bond donors (Lipinski definition) is 2. The Labute approximate surface area is 106 Å². The molecule has 1 amide bonds. The molecular weight excluding hydrogens is 236 g/mol. The van der Waals surface area contributed by atoms with Gasteiger partial charge in [0.25, 0.3) is 5.91 Å². The first-order valence-electron chi connectivity index (χ1n) is 5.44. The molecule has 1 aromatic carbocycles. The summed E-state index contributed by atoms with van der Waals surface area (Å²) < 4.78 is 4.98. The average Bonchev–Trinajstić information content (AvgIpc) is 2.38. The number of ether oxygens (including phenoxy) is 1. The van der Waals surface area contributed by atoms with Crippen molar-refractivity contribution in [1.82, 2.24) is 5.43 Å². The molecule has 0 saturated heterocycles. The molecule has 0 aliphatic rings. The van der Waals surface area contributed by atoms with Crippen molar-refractivity contribution in [2.24, 2.45) is 5.84 Å². The Balaban J connectivity index is 2.40. The smallest absolute Gasteiger partial charge is 0.265 e. The number of hydrazine groups is 1. The molecule has 0 aliphatic carbocycles. The third-order valence-electron chi connectivity index (χ3n) is 2.23. The van der Waals surface area contributed by atoms with Crippen LogP contribution in [0.2, 0.25) is 0 Å². The van der Waals surface area contributed by atoms with Gasteiger partial charge in [-0.25, -0.2) is 5.84 Å². The van der Waals surface area contributed by atoms with Crippen LogP contribution < -0.4 is 11.3 Å². The summed E-state index contributed by atoms with van der Waals surface area (Å²) in [5.41, 5.74) is 3.86. The van der Waals surface area contributed by atoms with Gasteiger partial charge in [-0.05, 0) is 29.9 Å². The molecule has 0 bridgehead atoms. The molecule has 0 saturated carbocycles. The topological polar surface area (TPSA) is 64.3 Å². The molecule has 0 atom stereocenters. The molecule has 0 spiro atoms. The van der Waals surface area contributed by atoms with Crippen molar-refractivity contribution in [2.75, 3.05) is 19.5 Å². The van der Waals surface area contributed by atoms with Gasteiger partial charge < -0.3 is 4.74 Å². The summed E-state index contributed by atoms with van der Waals surface area (Å²) in [6.45, 7) is 0.794. The Kier molecular flexibility index (Phi) is 6.69. The van der Waals surface area contributed by atoms with E-state index in [1.165, 1.54) is 0 Å². The van der Waals surface area contributed by atoms with Crippen LogP contribution in [0.1, 0.15) is 22.3 Å². The van der Waals surface area contributed by atoms with Gasteiger partial charge in [-0.1, -0.05) is 12.1 Å². The second-order valence-electron chi connectivity index (χ2n) is 3.57. The van der Waals surface area contributed by atoms with Crippen molar-refractivity contribution in [3.63, 3.8) is 0 Å². The van der Waals surface area contributed by atoms with Crippen LogP contribution in [0.25, 0.3) is 0 Å². The Morgan fingerprint density at radius 3 is 3.06 bits per heavy atom. The van der Waals surface area contributed by atoms with Crippen molar-refractivity contribution in [3.05, 3.63) is 35.4 Å². The lowest BCUT2D eigenvalue weighted by Crippen LogP contribution is -2.29. The Morgan fingerprint density at radius 1 is 1.53 bits per heavy atom. The summed E-state index contributed by atoms with van der Waals surface area (Å²) in [5.74, 6) is 6.79. The minimum Gasteiger partial charge on any atom is -0.385 e. The number of carbonyl (C=O) groups excluding carboxylic acids is 1. The number of nitrogens with one attached hydrogen (secondary N) is 1. The number of amides is 1. The average molecular weight is 254 g/mol. The highest BCUT2D eigenvalue weighted by atomic mass is 32.2. The number of nitrogen functional groups attached to an aromatic ring is 1. The van der Waals surface area contributed by atoms with Crippen LogP contribution in [0.3, 0.4) is 0 Å². The van der Waals surface area contributed by atoms with Gasteiger partial charge in [0, 0.05) is 25.0 Å². The molecule has 17 heavy (non-hydrogen) atoms. The Bertz CT molecular complexity index is 358. The summed E-state index contributed by atoms with van der Waals surface area (Å²) in [7, 11) is 1.71. The number of hydrogen-bond acceptors (Lipinski definition) is 4. The van der Waals surface area contributed by atoms with Crippen molar-refractivity contribution in [1.29, 1.82) is 0 Å². The number of methoxy groups -OCH3 is 1. The number of carbonyl (C=O) groups is 1. The van der Waals surface area contributed by atoms with E-state index in [1.54, 1.807) is 13.2 Å². The fraction of sp³-hybridized carbons (Fsp3) is 0.417. The lowest BCUT2D eigenvalue weighted by molar-refractivity contribution is 0.0953. The predicted molar refractivity (Wildman–Crippen MR) is 70.8 cm³/mol. The van der Waals surface area contributed by atoms with Crippen LogP contribution in [-0.2, 0) is 10.5 Å². The van der Waals surface area contributed by atoms with Crippen LogP contribution in [0, 0.1) is 0 Å². The van der Waals surface area contributed by atoms with Crippen LogP contribution in [-0.4, -0.2) is 25.4 Å². The molecule has 0 heterocycles. The second kappa shape index (κ2) is 8.11. The lowest BCUT2D eigenvalue weighted by Gasteiger charge is -2.04. The fourth-order valence-corrected chi connectivity index (χ4v) is 2.26. The Morgan fingerprint density at radius 2 is 2.35 bits per heavy atom. The highest BCUT2D eigenvalue weighted by molar-refractivity contribution is 7.98. The quantitative estimate of drug-likeness (QED) is 0.335. The molecule has 94 valence electrons. The number of benzene rings is 1. The summed E-state index contributed by atoms with van der Waals surface area (Å²) in [5, 5.41) is 0. The van der Waals surface area contributed by atoms with Gasteiger partial charge in [-0.3, -0.25) is 10.2 Å². The number of nitrogens with two attached hydrogens (primary N) is 1. The summed E-state index contributed by atoms with van der Waals surface area (Å²) in [4.78, 5) is 11.3. The molecule has 0 aliphatic heterocycles. The highest BCUT2D eigenvalue weighted by Crippen LogP contribution is 2.14. The molecule has 0 radical (unpaired) electrons. The van der Waals surface area contributed by atoms with E-state index in [0.717, 1.165) is 30.1 Å². The normalized spacial score (nSPS) is 10.2. The molecule has 0 fully saturated rings. The molecule has 5 heteroatoms. The van der Waals surface area contributed by atoms with Crippen molar-refractivity contribution >= 4 is 17.7 Å².